The van der Waals surface area contributed by atoms with E-state index in [2.05, 4.69) is 20.7 Å². The van der Waals surface area contributed by atoms with Gasteiger partial charge in [0.1, 0.15) is 33.5 Å². The van der Waals surface area contributed by atoms with Gasteiger partial charge in [0.15, 0.2) is 16.3 Å². The van der Waals surface area contributed by atoms with Gasteiger partial charge in [-0.3, -0.25) is 9.52 Å². The van der Waals surface area contributed by atoms with Crippen LogP contribution >= 0.6 is 11.3 Å². The molecule has 1 amide bonds. The van der Waals surface area contributed by atoms with E-state index in [0.717, 1.165) is 5.82 Å². The third kappa shape index (κ3) is 4.96. The number of hydrogen-bond acceptors (Lipinski definition) is 11. The molecule has 0 atom stereocenters. The van der Waals surface area contributed by atoms with Gasteiger partial charge in [-0.25, -0.2) is 13.4 Å². The number of nitrogens with zero attached hydrogens (tertiary/aromatic N) is 4. The van der Waals surface area contributed by atoms with Gasteiger partial charge in [0.25, 0.3) is 15.9 Å². The molecule has 1 N–H and O–H groups in total. The Balaban J connectivity index is 1.43. The van der Waals surface area contributed by atoms with E-state index >= 15 is 0 Å². The number of amides is 1. The maximum absolute atomic E-state index is 13.4. The highest BCUT2D eigenvalue weighted by atomic mass is 32.2. The number of rotatable bonds is 8. The summed E-state index contributed by atoms with van der Waals surface area (Å²) in [6.07, 6.45) is 5.23. The molecule has 4 aromatic rings. The molecule has 1 fully saturated rings. The van der Waals surface area contributed by atoms with Crippen LogP contribution in [0, 0.1) is 12.3 Å². The van der Waals surface area contributed by atoms with Crippen molar-refractivity contribution in [2.24, 2.45) is 0 Å². The lowest BCUT2D eigenvalue weighted by Gasteiger charge is -2.33. The van der Waals surface area contributed by atoms with Crippen LogP contribution in [0.2, 0.25) is 0 Å². The van der Waals surface area contributed by atoms with E-state index in [9.17, 15) is 13.2 Å². The second kappa shape index (κ2) is 10.9. The normalized spacial score (nSPS) is 13.7. The highest BCUT2D eigenvalue weighted by Gasteiger charge is 2.28. The Bertz CT molecular complexity index is 1690. The van der Waals surface area contributed by atoms with Gasteiger partial charge in [-0.15, -0.1) is 17.8 Å². The highest BCUT2D eigenvalue weighted by Crippen LogP contribution is 2.40. The summed E-state index contributed by atoms with van der Waals surface area (Å²) in [6, 6.07) is 8.12. The molecule has 2 aromatic heterocycles. The third-order valence-electron chi connectivity index (χ3n) is 6.39. The number of hydrogen-bond donors (Lipinski definition) is 1. The van der Waals surface area contributed by atoms with Gasteiger partial charge in [0.05, 0.1) is 21.3 Å². The summed E-state index contributed by atoms with van der Waals surface area (Å²) in [5.74, 6) is 3.13. The average molecular weight is 584 g/mol. The van der Waals surface area contributed by atoms with E-state index in [1.54, 1.807) is 23.1 Å². The summed E-state index contributed by atoms with van der Waals surface area (Å²) in [6.45, 7) is 2.27. The predicted octanol–water partition coefficient (Wildman–Crippen LogP) is 3.06. The minimum absolute atomic E-state index is 0.0504. The molecule has 1 aliphatic heterocycles. The van der Waals surface area contributed by atoms with Crippen LogP contribution in [0.15, 0.2) is 45.1 Å². The molecule has 208 valence electrons. The van der Waals surface area contributed by atoms with Gasteiger partial charge >= 0.3 is 0 Å². The largest absolute Gasteiger partial charge is 0.496 e. The first-order valence-electron chi connectivity index (χ1n) is 12.0. The van der Waals surface area contributed by atoms with Crippen LogP contribution in [-0.2, 0) is 14.8 Å². The first kappa shape index (κ1) is 27.1. The number of nitrogens with one attached hydrogen (secondary N) is 1. The van der Waals surface area contributed by atoms with E-state index in [0.29, 0.717) is 53.5 Å². The van der Waals surface area contributed by atoms with Gasteiger partial charge in [0.2, 0.25) is 0 Å². The van der Waals surface area contributed by atoms with Gasteiger partial charge in [-0.1, -0.05) is 11.2 Å². The summed E-state index contributed by atoms with van der Waals surface area (Å²) in [5.41, 5.74) is 1.01. The van der Waals surface area contributed by atoms with Crippen molar-refractivity contribution < 1.29 is 31.9 Å². The number of carbonyl (C=O) groups excluding carboxylic acids is 1. The zero-order chi connectivity index (χ0) is 28.4. The number of carbonyl (C=O) groups is 1. The van der Waals surface area contributed by atoms with Crippen LogP contribution in [0.1, 0.15) is 0 Å². The molecular formula is C26H25N5O7S2. The molecule has 2 aromatic carbocycles. The zero-order valence-corrected chi connectivity index (χ0v) is 23.5. The van der Waals surface area contributed by atoms with E-state index in [1.165, 1.54) is 44.8 Å². The molecule has 40 heavy (non-hydrogen) atoms. The standard InChI is InChI=1S/C26H25N5O7S2/c1-5-22(32)31-11-9-30(10-12-31)21-15-39-26(27-21)16-13-19(37-4)23-20(14-16)38-28-25(23)29-40(33,34)24-17(35-2)7-6-8-18(24)36-3/h1,6-8,13-15H,9-12H2,2-4H3,(H,28,29). The zero-order valence-electron chi connectivity index (χ0n) is 21.8. The molecule has 0 spiro atoms. The van der Waals surface area contributed by atoms with Gasteiger partial charge in [-0.05, 0) is 30.2 Å². The Morgan fingerprint density at radius 3 is 2.38 bits per heavy atom. The molecule has 5 rings (SSSR count). The predicted molar refractivity (Wildman–Crippen MR) is 150 cm³/mol. The molecule has 0 aliphatic carbocycles. The molecule has 3 heterocycles. The lowest BCUT2D eigenvalue weighted by atomic mass is 10.1. The highest BCUT2D eigenvalue weighted by molar-refractivity contribution is 7.93. The Kier molecular flexibility index (Phi) is 7.42. The van der Waals surface area contributed by atoms with Crippen molar-refractivity contribution in [2.45, 2.75) is 4.90 Å². The molecule has 1 saturated heterocycles. The van der Waals surface area contributed by atoms with Crippen LogP contribution < -0.4 is 23.8 Å². The van der Waals surface area contributed by atoms with Gasteiger partial charge in [-0.2, -0.15) is 0 Å². The van der Waals surface area contributed by atoms with Crippen molar-refractivity contribution in [2.75, 3.05) is 57.1 Å². The molecule has 1 aliphatic rings. The summed E-state index contributed by atoms with van der Waals surface area (Å²) < 4.78 is 50.8. The third-order valence-corrected chi connectivity index (χ3v) is 8.67. The number of piperazine rings is 1. The number of aromatic nitrogens is 2. The quantitative estimate of drug-likeness (QED) is 0.308. The van der Waals surface area contributed by atoms with Crippen LogP contribution in [-0.4, -0.2) is 76.9 Å². The van der Waals surface area contributed by atoms with E-state index in [4.69, 9.17) is 30.1 Å². The fourth-order valence-electron chi connectivity index (χ4n) is 4.42. The number of terminal acetylenes is 1. The van der Waals surface area contributed by atoms with E-state index in [1.807, 2.05) is 5.38 Å². The first-order valence-corrected chi connectivity index (χ1v) is 14.3. The minimum atomic E-state index is -4.20. The lowest BCUT2D eigenvalue weighted by molar-refractivity contribution is -0.125. The van der Waals surface area contributed by atoms with Crippen LogP contribution in [0.4, 0.5) is 11.6 Å². The fourth-order valence-corrected chi connectivity index (χ4v) is 6.57. The minimum Gasteiger partial charge on any atom is -0.496 e. The van der Waals surface area contributed by atoms with Gasteiger partial charge < -0.3 is 28.5 Å². The van der Waals surface area contributed by atoms with Crippen molar-refractivity contribution in [3.8, 4) is 40.2 Å². The number of benzene rings is 2. The summed E-state index contributed by atoms with van der Waals surface area (Å²) in [7, 11) is 0.0109. The van der Waals surface area contributed by atoms with E-state index in [-0.39, 0.29) is 28.1 Å². The monoisotopic (exact) mass is 583 g/mol. The molecule has 12 nitrogen and oxygen atoms in total. The number of sulfonamides is 1. The van der Waals surface area contributed by atoms with Crippen LogP contribution in [0.3, 0.4) is 0 Å². The lowest BCUT2D eigenvalue weighted by Crippen LogP contribution is -2.48. The summed E-state index contributed by atoms with van der Waals surface area (Å²) >= 11 is 1.44. The average Bonchev–Trinajstić information content (AvgIpc) is 3.63. The Labute approximate surface area is 234 Å². The van der Waals surface area contributed by atoms with Crippen molar-refractivity contribution in [3.63, 3.8) is 0 Å². The van der Waals surface area contributed by atoms with Crippen LogP contribution in [0.5, 0.6) is 17.2 Å². The molecule has 14 heteroatoms. The smallest absolute Gasteiger partial charge is 0.298 e. The Hall–Kier alpha value is -4.48. The molecular weight excluding hydrogens is 558 g/mol. The number of fused-ring (bicyclic) bond motifs is 1. The van der Waals surface area contributed by atoms with Crippen molar-refractivity contribution >= 4 is 49.9 Å². The topological polar surface area (TPSA) is 136 Å². The Morgan fingerprint density at radius 1 is 1.07 bits per heavy atom. The summed E-state index contributed by atoms with van der Waals surface area (Å²) in [5, 5.41) is 6.95. The maximum atomic E-state index is 13.4. The van der Waals surface area contributed by atoms with Crippen molar-refractivity contribution in [1.29, 1.82) is 0 Å². The Morgan fingerprint density at radius 2 is 1.75 bits per heavy atom. The first-order chi connectivity index (χ1) is 19.3. The van der Waals surface area contributed by atoms with E-state index < -0.39 is 10.0 Å². The molecule has 0 bridgehead atoms. The second-order valence-electron chi connectivity index (χ2n) is 8.61. The van der Waals surface area contributed by atoms with Crippen molar-refractivity contribution in [3.05, 3.63) is 35.7 Å². The maximum Gasteiger partial charge on any atom is 0.298 e. The molecule has 0 saturated carbocycles. The summed E-state index contributed by atoms with van der Waals surface area (Å²) in [4.78, 5) is 20.1. The number of methoxy groups -OCH3 is 3. The number of ether oxygens (including phenoxy) is 3. The van der Waals surface area contributed by atoms with Gasteiger partial charge in [0, 0.05) is 37.1 Å². The van der Waals surface area contributed by atoms with Crippen molar-refractivity contribution in [1.82, 2.24) is 15.0 Å². The number of anilines is 2. The molecule has 0 unspecified atom stereocenters. The fraction of sp³-hybridized carbons (Fsp3) is 0.269. The SMILES string of the molecule is C#CC(=O)N1CCN(c2csc(-c3cc(OC)c4c(NS(=O)(=O)c5c(OC)cccc5OC)noc4c3)n2)CC1. The second-order valence-corrected chi connectivity index (χ2v) is 11.1. The van der Waals surface area contributed by atoms with Crippen LogP contribution in [0.25, 0.3) is 21.5 Å². The number of thiazole rings is 1. The molecule has 0 radical (unpaired) electrons.